The van der Waals surface area contributed by atoms with Crippen molar-refractivity contribution in [3.8, 4) is 0 Å². The molecule has 0 saturated carbocycles. The van der Waals surface area contributed by atoms with Gasteiger partial charge in [-0.1, -0.05) is 0 Å². The van der Waals surface area contributed by atoms with Crippen molar-refractivity contribution in [2.45, 2.75) is 19.3 Å². The molecule has 5 heteroatoms. The fraction of sp³-hybridized carbons (Fsp3) is 0.500. The number of fused-ring (bicyclic) bond motifs is 1. The molecule has 3 rings (SSSR count). The zero-order valence-corrected chi connectivity index (χ0v) is 8.48. The molecular formula is C10H13N5. The maximum Gasteiger partial charge on any atom is 0.227 e. The van der Waals surface area contributed by atoms with Gasteiger partial charge in [0.15, 0.2) is 5.65 Å². The summed E-state index contributed by atoms with van der Waals surface area (Å²) in [5, 5.41) is 0. The fourth-order valence-electron chi connectivity index (χ4n) is 1.98. The van der Waals surface area contributed by atoms with Gasteiger partial charge in [-0.25, -0.2) is 9.97 Å². The number of piperidine rings is 1. The second-order valence-electron chi connectivity index (χ2n) is 3.85. The molecule has 0 unspecified atom stereocenters. The van der Waals surface area contributed by atoms with Crippen molar-refractivity contribution in [1.82, 2.24) is 19.9 Å². The molecule has 2 aromatic heterocycles. The molecule has 5 nitrogen and oxygen atoms in total. The van der Waals surface area contributed by atoms with E-state index in [1.165, 1.54) is 19.3 Å². The Balaban J connectivity index is 1.95. The summed E-state index contributed by atoms with van der Waals surface area (Å²) in [6.45, 7) is 2.14. The fourth-order valence-corrected chi connectivity index (χ4v) is 1.98. The number of aromatic nitrogens is 4. The molecule has 0 radical (unpaired) electrons. The first-order chi connectivity index (χ1) is 7.43. The predicted molar refractivity (Wildman–Crippen MR) is 57.7 cm³/mol. The first-order valence-electron chi connectivity index (χ1n) is 5.34. The number of anilines is 1. The lowest BCUT2D eigenvalue weighted by Gasteiger charge is -2.26. The Bertz CT molecular complexity index is 458. The number of rotatable bonds is 1. The zero-order chi connectivity index (χ0) is 10.1. The van der Waals surface area contributed by atoms with Crippen molar-refractivity contribution >= 4 is 17.1 Å². The van der Waals surface area contributed by atoms with Crippen LogP contribution < -0.4 is 4.90 Å². The van der Waals surface area contributed by atoms with Crippen molar-refractivity contribution in [1.29, 1.82) is 0 Å². The summed E-state index contributed by atoms with van der Waals surface area (Å²) in [6.07, 6.45) is 7.24. The molecule has 1 aliphatic rings. The van der Waals surface area contributed by atoms with Crippen LogP contribution in [0.4, 0.5) is 5.95 Å². The quantitative estimate of drug-likeness (QED) is 0.760. The molecule has 78 valence electrons. The lowest BCUT2D eigenvalue weighted by atomic mass is 10.1. The van der Waals surface area contributed by atoms with Gasteiger partial charge in [-0.2, -0.15) is 4.98 Å². The number of aromatic amines is 1. The molecule has 1 saturated heterocycles. The first kappa shape index (κ1) is 8.64. The largest absolute Gasteiger partial charge is 0.341 e. The van der Waals surface area contributed by atoms with Gasteiger partial charge in [0.25, 0.3) is 0 Å². The van der Waals surface area contributed by atoms with Crippen LogP contribution in [0, 0.1) is 0 Å². The highest BCUT2D eigenvalue weighted by Crippen LogP contribution is 2.16. The van der Waals surface area contributed by atoms with Crippen LogP contribution in [0.1, 0.15) is 19.3 Å². The Labute approximate surface area is 87.6 Å². The van der Waals surface area contributed by atoms with Crippen LogP contribution in [-0.4, -0.2) is 33.0 Å². The van der Waals surface area contributed by atoms with E-state index in [-0.39, 0.29) is 0 Å². The van der Waals surface area contributed by atoms with E-state index >= 15 is 0 Å². The molecule has 0 aliphatic carbocycles. The number of hydrogen-bond donors (Lipinski definition) is 1. The van der Waals surface area contributed by atoms with Gasteiger partial charge in [0.1, 0.15) is 5.52 Å². The summed E-state index contributed by atoms with van der Waals surface area (Å²) in [5.41, 5.74) is 1.65. The maximum atomic E-state index is 4.46. The van der Waals surface area contributed by atoms with Crippen LogP contribution in [0.25, 0.3) is 11.2 Å². The topological polar surface area (TPSA) is 57.7 Å². The van der Waals surface area contributed by atoms with E-state index in [1.807, 2.05) is 0 Å². The van der Waals surface area contributed by atoms with Gasteiger partial charge in [0, 0.05) is 13.1 Å². The van der Waals surface area contributed by atoms with E-state index in [4.69, 9.17) is 0 Å². The van der Waals surface area contributed by atoms with Gasteiger partial charge in [0.2, 0.25) is 5.95 Å². The molecule has 1 fully saturated rings. The van der Waals surface area contributed by atoms with Crippen molar-refractivity contribution in [3.63, 3.8) is 0 Å². The lowest BCUT2D eigenvalue weighted by molar-refractivity contribution is 0.569. The van der Waals surface area contributed by atoms with E-state index in [0.29, 0.717) is 0 Å². The summed E-state index contributed by atoms with van der Waals surface area (Å²) < 4.78 is 0. The van der Waals surface area contributed by atoms with E-state index in [1.54, 1.807) is 12.5 Å². The summed E-state index contributed by atoms with van der Waals surface area (Å²) in [4.78, 5) is 18.1. The van der Waals surface area contributed by atoms with Gasteiger partial charge in [0.05, 0.1) is 12.5 Å². The number of nitrogens with zero attached hydrogens (tertiary/aromatic N) is 4. The summed E-state index contributed by atoms with van der Waals surface area (Å²) in [5.74, 6) is 0.825. The monoisotopic (exact) mass is 203 g/mol. The van der Waals surface area contributed by atoms with E-state index in [9.17, 15) is 0 Å². The van der Waals surface area contributed by atoms with E-state index in [2.05, 4.69) is 24.8 Å². The van der Waals surface area contributed by atoms with Crippen LogP contribution in [-0.2, 0) is 0 Å². The third kappa shape index (κ3) is 1.54. The third-order valence-electron chi connectivity index (χ3n) is 2.80. The highest BCUT2D eigenvalue weighted by atomic mass is 15.3. The SMILES string of the molecule is c1nc2cnc(N3CCCCC3)nc2[nH]1. The molecule has 2 aromatic rings. The third-order valence-corrected chi connectivity index (χ3v) is 2.80. The van der Waals surface area contributed by atoms with Crippen LogP contribution >= 0.6 is 0 Å². The second kappa shape index (κ2) is 3.49. The maximum absolute atomic E-state index is 4.46. The second-order valence-corrected chi connectivity index (χ2v) is 3.85. The van der Waals surface area contributed by atoms with E-state index in [0.717, 1.165) is 30.2 Å². The normalized spacial score (nSPS) is 17.2. The molecular weight excluding hydrogens is 190 g/mol. The molecule has 1 N–H and O–H groups in total. The van der Waals surface area contributed by atoms with Crippen molar-refractivity contribution in [3.05, 3.63) is 12.5 Å². The number of H-pyrrole nitrogens is 1. The smallest absolute Gasteiger partial charge is 0.227 e. The predicted octanol–water partition coefficient (Wildman–Crippen LogP) is 1.34. The summed E-state index contributed by atoms with van der Waals surface area (Å²) in [6, 6.07) is 0. The molecule has 0 spiro atoms. The van der Waals surface area contributed by atoms with Crippen molar-refractivity contribution in [2.24, 2.45) is 0 Å². The molecule has 3 heterocycles. The van der Waals surface area contributed by atoms with Crippen LogP contribution in [0.5, 0.6) is 0 Å². The van der Waals surface area contributed by atoms with Gasteiger partial charge in [-0.05, 0) is 19.3 Å². The molecule has 0 atom stereocenters. The molecule has 1 aliphatic heterocycles. The Morgan fingerprint density at radius 3 is 2.87 bits per heavy atom. The van der Waals surface area contributed by atoms with Crippen molar-refractivity contribution < 1.29 is 0 Å². The minimum absolute atomic E-state index is 0.825. The molecule has 0 aromatic carbocycles. The molecule has 15 heavy (non-hydrogen) atoms. The van der Waals surface area contributed by atoms with Crippen molar-refractivity contribution in [2.75, 3.05) is 18.0 Å². The van der Waals surface area contributed by atoms with Gasteiger partial charge < -0.3 is 9.88 Å². The average molecular weight is 203 g/mol. The van der Waals surface area contributed by atoms with E-state index < -0.39 is 0 Å². The molecule has 0 amide bonds. The highest BCUT2D eigenvalue weighted by molar-refractivity contribution is 5.69. The van der Waals surface area contributed by atoms with Gasteiger partial charge in [-0.15, -0.1) is 0 Å². The molecule has 0 bridgehead atoms. The van der Waals surface area contributed by atoms with Crippen LogP contribution in [0.15, 0.2) is 12.5 Å². The van der Waals surface area contributed by atoms with Gasteiger partial charge >= 0.3 is 0 Å². The van der Waals surface area contributed by atoms with Gasteiger partial charge in [-0.3, -0.25) is 0 Å². The zero-order valence-electron chi connectivity index (χ0n) is 8.48. The van der Waals surface area contributed by atoms with Crippen LogP contribution in [0.3, 0.4) is 0 Å². The van der Waals surface area contributed by atoms with Crippen LogP contribution in [0.2, 0.25) is 0 Å². The number of imidazole rings is 1. The Hall–Kier alpha value is -1.65. The number of hydrogen-bond acceptors (Lipinski definition) is 4. The Kier molecular flexibility index (Phi) is 2.01. The minimum Gasteiger partial charge on any atom is -0.341 e. The number of nitrogens with one attached hydrogen (secondary N) is 1. The lowest BCUT2D eigenvalue weighted by Crippen LogP contribution is -2.30. The minimum atomic E-state index is 0.825. The average Bonchev–Trinajstić information content (AvgIpc) is 2.77. The first-order valence-corrected chi connectivity index (χ1v) is 5.34. The summed E-state index contributed by atoms with van der Waals surface area (Å²) >= 11 is 0. The Morgan fingerprint density at radius 2 is 2.00 bits per heavy atom. The highest BCUT2D eigenvalue weighted by Gasteiger charge is 2.13. The standard InChI is InChI=1S/C10H13N5/c1-2-4-15(5-3-1)10-11-6-8-9(14-10)13-7-12-8/h6-7H,1-5H2,(H,11,12,13,14). The Morgan fingerprint density at radius 1 is 1.13 bits per heavy atom. The summed E-state index contributed by atoms with van der Waals surface area (Å²) in [7, 11) is 0.